The summed E-state index contributed by atoms with van der Waals surface area (Å²) in [7, 11) is 0. The van der Waals surface area contributed by atoms with E-state index < -0.39 is 0 Å². The first kappa shape index (κ1) is 8.78. The number of aromatic amines is 1. The van der Waals surface area contributed by atoms with Crippen molar-refractivity contribution in [2.75, 3.05) is 0 Å². The van der Waals surface area contributed by atoms with Gasteiger partial charge in [0.1, 0.15) is 5.82 Å². The molecule has 0 saturated heterocycles. The molecule has 0 spiro atoms. The highest BCUT2D eigenvalue weighted by Crippen LogP contribution is 2.27. The van der Waals surface area contributed by atoms with Gasteiger partial charge in [0, 0.05) is 22.4 Å². The van der Waals surface area contributed by atoms with Crippen LogP contribution < -0.4 is 0 Å². The monoisotopic (exact) mass is 256 g/mol. The molecule has 0 radical (unpaired) electrons. The number of hydrogen-bond donors (Lipinski definition) is 1. The second-order valence-electron chi connectivity index (χ2n) is 2.56. The summed E-state index contributed by atoms with van der Waals surface area (Å²) < 4.78 is 0.966. The van der Waals surface area contributed by atoms with Crippen LogP contribution in [0.4, 0.5) is 0 Å². The number of rotatable bonds is 1. The highest BCUT2D eigenvalue weighted by Gasteiger charge is 2.04. The number of hydrogen-bond acceptors (Lipinski definition) is 1. The molecular formula is C9H6BrClN2. The zero-order valence-corrected chi connectivity index (χ0v) is 8.93. The van der Waals surface area contributed by atoms with Gasteiger partial charge in [0.2, 0.25) is 0 Å². The molecule has 0 amide bonds. The molecule has 2 rings (SSSR count). The van der Waals surface area contributed by atoms with Gasteiger partial charge in [0.25, 0.3) is 0 Å². The van der Waals surface area contributed by atoms with E-state index in [1.165, 1.54) is 0 Å². The molecule has 0 aliphatic heterocycles. The molecule has 2 aromatic rings. The van der Waals surface area contributed by atoms with Crippen LogP contribution in [0.25, 0.3) is 11.4 Å². The third kappa shape index (κ3) is 1.76. The molecule has 66 valence electrons. The zero-order chi connectivity index (χ0) is 9.26. The van der Waals surface area contributed by atoms with Crippen molar-refractivity contribution in [3.8, 4) is 11.4 Å². The standard InChI is InChI=1S/C9H6BrClN2/c10-6-1-2-7(8(11)5-6)9-12-3-4-13-9/h1-5H,(H,12,13). The quantitative estimate of drug-likeness (QED) is 0.832. The lowest BCUT2D eigenvalue weighted by Crippen LogP contribution is -1.81. The topological polar surface area (TPSA) is 28.7 Å². The molecule has 0 aliphatic rings. The van der Waals surface area contributed by atoms with E-state index in [9.17, 15) is 0 Å². The predicted octanol–water partition coefficient (Wildman–Crippen LogP) is 3.49. The summed E-state index contributed by atoms with van der Waals surface area (Å²) >= 11 is 9.38. The van der Waals surface area contributed by atoms with Crippen LogP contribution in [-0.4, -0.2) is 9.97 Å². The maximum atomic E-state index is 6.03. The lowest BCUT2D eigenvalue weighted by Gasteiger charge is -2.00. The van der Waals surface area contributed by atoms with Gasteiger partial charge in [-0.15, -0.1) is 0 Å². The third-order valence-corrected chi connectivity index (χ3v) is 2.49. The van der Waals surface area contributed by atoms with E-state index >= 15 is 0 Å². The maximum absolute atomic E-state index is 6.03. The lowest BCUT2D eigenvalue weighted by molar-refractivity contribution is 1.31. The van der Waals surface area contributed by atoms with Gasteiger partial charge in [-0.05, 0) is 18.2 Å². The van der Waals surface area contributed by atoms with Crippen LogP contribution in [0.3, 0.4) is 0 Å². The number of aromatic nitrogens is 2. The molecule has 0 bridgehead atoms. The second kappa shape index (κ2) is 3.52. The van der Waals surface area contributed by atoms with Crippen LogP contribution in [-0.2, 0) is 0 Å². The van der Waals surface area contributed by atoms with Crippen molar-refractivity contribution in [3.63, 3.8) is 0 Å². The molecule has 0 aliphatic carbocycles. The molecule has 0 atom stereocenters. The summed E-state index contributed by atoms with van der Waals surface area (Å²) in [6.07, 6.45) is 3.47. The smallest absolute Gasteiger partial charge is 0.138 e. The number of H-pyrrole nitrogens is 1. The first-order valence-corrected chi connectivity index (χ1v) is 4.89. The van der Waals surface area contributed by atoms with Gasteiger partial charge in [-0.25, -0.2) is 4.98 Å². The SMILES string of the molecule is Clc1cc(Br)ccc1-c1ncc[nH]1. The molecule has 1 aromatic heterocycles. The van der Waals surface area contributed by atoms with Crippen LogP contribution in [0.5, 0.6) is 0 Å². The Kier molecular flexibility index (Phi) is 2.38. The highest BCUT2D eigenvalue weighted by molar-refractivity contribution is 9.10. The minimum absolute atomic E-state index is 0.685. The summed E-state index contributed by atoms with van der Waals surface area (Å²) in [5, 5.41) is 0.685. The molecular weight excluding hydrogens is 251 g/mol. The first-order chi connectivity index (χ1) is 6.27. The summed E-state index contributed by atoms with van der Waals surface area (Å²) in [5.74, 6) is 0.789. The fraction of sp³-hybridized carbons (Fsp3) is 0. The number of nitrogens with zero attached hydrogens (tertiary/aromatic N) is 1. The Morgan fingerprint density at radius 3 is 2.85 bits per heavy atom. The van der Waals surface area contributed by atoms with E-state index in [1.807, 2.05) is 18.2 Å². The summed E-state index contributed by atoms with van der Waals surface area (Å²) in [4.78, 5) is 7.12. The van der Waals surface area contributed by atoms with E-state index in [0.717, 1.165) is 15.9 Å². The molecule has 1 aromatic carbocycles. The van der Waals surface area contributed by atoms with Crippen molar-refractivity contribution in [1.82, 2.24) is 9.97 Å². The van der Waals surface area contributed by atoms with Gasteiger partial charge in [-0.2, -0.15) is 0 Å². The van der Waals surface area contributed by atoms with Crippen LogP contribution in [0, 0.1) is 0 Å². The van der Waals surface area contributed by atoms with E-state index in [4.69, 9.17) is 11.6 Å². The Hall–Kier alpha value is -0.800. The molecule has 0 fully saturated rings. The Morgan fingerprint density at radius 1 is 1.38 bits per heavy atom. The maximum Gasteiger partial charge on any atom is 0.138 e. The van der Waals surface area contributed by atoms with Gasteiger partial charge < -0.3 is 4.98 Å². The molecule has 4 heteroatoms. The third-order valence-electron chi connectivity index (χ3n) is 1.68. The zero-order valence-electron chi connectivity index (χ0n) is 6.59. The summed E-state index contributed by atoms with van der Waals surface area (Å²) in [5.41, 5.74) is 0.912. The fourth-order valence-corrected chi connectivity index (χ4v) is 1.86. The van der Waals surface area contributed by atoms with E-state index in [2.05, 4.69) is 25.9 Å². The molecule has 1 heterocycles. The first-order valence-electron chi connectivity index (χ1n) is 3.72. The Labute approximate surface area is 89.1 Å². The summed E-state index contributed by atoms with van der Waals surface area (Å²) in [6.45, 7) is 0. The normalized spacial score (nSPS) is 10.3. The van der Waals surface area contributed by atoms with Crippen molar-refractivity contribution in [3.05, 3.63) is 40.1 Å². The Balaban J connectivity index is 2.53. The van der Waals surface area contributed by atoms with Gasteiger partial charge in [0.05, 0.1) is 5.02 Å². The van der Waals surface area contributed by atoms with Gasteiger partial charge in [-0.3, -0.25) is 0 Å². The lowest BCUT2D eigenvalue weighted by atomic mass is 10.2. The average molecular weight is 258 g/mol. The number of nitrogens with one attached hydrogen (secondary N) is 1. The van der Waals surface area contributed by atoms with Crippen LogP contribution in [0.2, 0.25) is 5.02 Å². The largest absolute Gasteiger partial charge is 0.345 e. The predicted molar refractivity (Wildman–Crippen MR) is 56.7 cm³/mol. The number of imidazole rings is 1. The van der Waals surface area contributed by atoms with E-state index in [1.54, 1.807) is 12.4 Å². The molecule has 0 unspecified atom stereocenters. The van der Waals surface area contributed by atoms with Crippen LogP contribution in [0.15, 0.2) is 35.1 Å². The molecule has 13 heavy (non-hydrogen) atoms. The molecule has 2 nitrogen and oxygen atoms in total. The van der Waals surface area contributed by atoms with Gasteiger partial charge in [0.15, 0.2) is 0 Å². The number of benzene rings is 1. The van der Waals surface area contributed by atoms with Crippen LogP contribution in [0.1, 0.15) is 0 Å². The van der Waals surface area contributed by atoms with E-state index in [-0.39, 0.29) is 0 Å². The van der Waals surface area contributed by atoms with E-state index in [0.29, 0.717) is 5.02 Å². The molecule has 0 saturated carbocycles. The second-order valence-corrected chi connectivity index (χ2v) is 3.88. The minimum atomic E-state index is 0.685. The summed E-state index contributed by atoms with van der Waals surface area (Å²) in [6, 6.07) is 5.70. The Bertz CT molecular complexity index is 412. The van der Waals surface area contributed by atoms with Crippen molar-refractivity contribution < 1.29 is 0 Å². The fourth-order valence-electron chi connectivity index (χ4n) is 1.09. The van der Waals surface area contributed by atoms with Crippen molar-refractivity contribution in [2.45, 2.75) is 0 Å². The minimum Gasteiger partial charge on any atom is -0.345 e. The average Bonchev–Trinajstić information content (AvgIpc) is 2.56. The van der Waals surface area contributed by atoms with Crippen molar-refractivity contribution in [1.29, 1.82) is 0 Å². The number of halogens is 2. The molecule has 1 N–H and O–H groups in total. The van der Waals surface area contributed by atoms with Crippen LogP contribution >= 0.6 is 27.5 Å². The van der Waals surface area contributed by atoms with Gasteiger partial charge in [-0.1, -0.05) is 27.5 Å². The van der Waals surface area contributed by atoms with Crippen molar-refractivity contribution >= 4 is 27.5 Å². The van der Waals surface area contributed by atoms with Gasteiger partial charge >= 0.3 is 0 Å². The van der Waals surface area contributed by atoms with Crippen molar-refractivity contribution in [2.24, 2.45) is 0 Å². The Morgan fingerprint density at radius 2 is 2.23 bits per heavy atom. The highest BCUT2D eigenvalue weighted by atomic mass is 79.9.